The normalized spacial score (nSPS) is 14.9. The lowest BCUT2D eigenvalue weighted by Crippen LogP contribution is -2.33. The molecule has 1 fully saturated rings. The standard InChI is InChI=1S/C12H15BrN2O/c1-2-15(8-9-3-4-9)12(16)11-6-5-10(13)7-14-11/h5-7,9H,2-4,8H2,1H3. The molecule has 1 aliphatic rings. The van der Waals surface area contributed by atoms with Crippen molar-refractivity contribution in [1.82, 2.24) is 9.88 Å². The van der Waals surface area contributed by atoms with Gasteiger partial charge in [0.05, 0.1) is 0 Å². The molecule has 3 nitrogen and oxygen atoms in total. The Morgan fingerprint density at radius 3 is 2.81 bits per heavy atom. The molecule has 0 aliphatic heterocycles. The molecule has 0 unspecified atom stereocenters. The Morgan fingerprint density at radius 1 is 1.56 bits per heavy atom. The molecule has 0 saturated heterocycles. The molecule has 2 rings (SSSR count). The van der Waals surface area contributed by atoms with E-state index in [-0.39, 0.29) is 5.91 Å². The third-order valence-electron chi connectivity index (χ3n) is 2.79. The monoisotopic (exact) mass is 282 g/mol. The van der Waals surface area contributed by atoms with Crippen LogP contribution in [0.25, 0.3) is 0 Å². The van der Waals surface area contributed by atoms with E-state index in [1.165, 1.54) is 12.8 Å². The summed E-state index contributed by atoms with van der Waals surface area (Å²) in [5, 5.41) is 0. The Hall–Kier alpha value is -0.900. The summed E-state index contributed by atoms with van der Waals surface area (Å²) in [5.41, 5.74) is 0.533. The van der Waals surface area contributed by atoms with Crippen LogP contribution in [0.3, 0.4) is 0 Å². The summed E-state index contributed by atoms with van der Waals surface area (Å²) in [5.74, 6) is 0.765. The van der Waals surface area contributed by atoms with Crippen LogP contribution < -0.4 is 0 Å². The van der Waals surface area contributed by atoms with Crippen molar-refractivity contribution >= 4 is 21.8 Å². The molecule has 16 heavy (non-hydrogen) atoms. The van der Waals surface area contributed by atoms with Gasteiger partial charge in [0.25, 0.3) is 5.91 Å². The van der Waals surface area contributed by atoms with Gasteiger partial charge in [-0.05, 0) is 53.7 Å². The molecule has 1 heterocycles. The number of rotatable bonds is 4. The first-order valence-corrected chi connectivity index (χ1v) is 6.41. The highest BCUT2D eigenvalue weighted by Crippen LogP contribution is 2.30. The Balaban J connectivity index is 2.06. The van der Waals surface area contributed by atoms with E-state index >= 15 is 0 Å². The average molecular weight is 283 g/mol. The summed E-state index contributed by atoms with van der Waals surface area (Å²) in [7, 11) is 0. The number of hydrogen-bond acceptors (Lipinski definition) is 2. The van der Waals surface area contributed by atoms with E-state index < -0.39 is 0 Å². The maximum atomic E-state index is 12.1. The van der Waals surface area contributed by atoms with Crippen LogP contribution in [0.1, 0.15) is 30.3 Å². The summed E-state index contributed by atoms with van der Waals surface area (Å²) >= 11 is 3.31. The largest absolute Gasteiger partial charge is 0.337 e. The fraction of sp³-hybridized carbons (Fsp3) is 0.500. The molecule has 1 aromatic heterocycles. The van der Waals surface area contributed by atoms with Crippen molar-refractivity contribution in [2.75, 3.05) is 13.1 Å². The van der Waals surface area contributed by atoms with Gasteiger partial charge in [0, 0.05) is 23.8 Å². The van der Waals surface area contributed by atoms with E-state index in [1.54, 1.807) is 12.3 Å². The van der Waals surface area contributed by atoms with Crippen LogP contribution in [0.2, 0.25) is 0 Å². The number of halogens is 1. The minimum Gasteiger partial charge on any atom is -0.337 e. The van der Waals surface area contributed by atoms with Crippen LogP contribution >= 0.6 is 15.9 Å². The third kappa shape index (κ3) is 2.82. The molecule has 0 aromatic carbocycles. The molecule has 86 valence electrons. The molecule has 0 bridgehead atoms. The molecule has 1 aliphatic carbocycles. The molecule has 0 N–H and O–H groups in total. The first kappa shape index (κ1) is 11.6. The predicted molar refractivity (Wildman–Crippen MR) is 66.2 cm³/mol. The van der Waals surface area contributed by atoms with E-state index in [2.05, 4.69) is 20.9 Å². The molecular formula is C12H15BrN2O. The van der Waals surface area contributed by atoms with Crippen molar-refractivity contribution in [1.29, 1.82) is 0 Å². The summed E-state index contributed by atoms with van der Waals surface area (Å²) in [6.07, 6.45) is 4.19. The molecular weight excluding hydrogens is 268 g/mol. The highest BCUT2D eigenvalue weighted by Gasteiger charge is 2.26. The quantitative estimate of drug-likeness (QED) is 0.851. The van der Waals surface area contributed by atoms with Gasteiger partial charge in [-0.25, -0.2) is 4.98 Å². The summed E-state index contributed by atoms with van der Waals surface area (Å²) in [6.45, 7) is 3.65. The minimum absolute atomic E-state index is 0.0434. The molecule has 1 saturated carbocycles. The molecule has 4 heteroatoms. The minimum atomic E-state index is 0.0434. The second-order valence-corrected chi connectivity index (χ2v) is 5.06. The van der Waals surface area contributed by atoms with Gasteiger partial charge in [-0.15, -0.1) is 0 Å². The highest BCUT2D eigenvalue weighted by molar-refractivity contribution is 9.10. The summed E-state index contributed by atoms with van der Waals surface area (Å²) < 4.78 is 0.897. The zero-order valence-corrected chi connectivity index (χ0v) is 10.9. The first-order valence-electron chi connectivity index (χ1n) is 5.61. The van der Waals surface area contributed by atoms with E-state index in [4.69, 9.17) is 0 Å². The molecule has 0 atom stereocenters. The van der Waals surface area contributed by atoms with Crippen molar-refractivity contribution in [3.63, 3.8) is 0 Å². The average Bonchev–Trinajstić information content (AvgIpc) is 3.10. The zero-order chi connectivity index (χ0) is 11.5. The van der Waals surface area contributed by atoms with Crippen molar-refractivity contribution < 1.29 is 4.79 Å². The van der Waals surface area contributed by atoms with Crippen LogP contribution in [0.5, 0.6) is 0 Å². The van der Waals surface area contributed by atoms with Crippen LogP contribution in [0, 0.1) is 5.92 Å². The number of hydrogen-bond donors (Lipinski definition) is 0. The van der Waals surface area contributed by atoms with Crippen LogP contribution in [0.15, 0.2) is 22.8 Å². The smallest absolute Gasteiger partial charge is 0.272 e. The highest BCUT2D eigenvalue weighted by atomic mass is 79.9. The fourth-order valence-corrected chi connectivity index (χ4v) is 1.87. The van der Waals surface area contributed by atoms with Gasteiger partial charge in [-0.2, -0.15) is 0 Å². The first-order chi connectivity index (χ1) is 7.70. The Bertz CT molecular complexity index is 373. The third-order valence-corrected chi connectivity index (χ3v) is 3.26. The molecule has 0 radical (unpaired) electrons. The molecule has 1 amide bonds. The van der Waals surface area contributed by atoms with E-state index in [1.807, 2.05) is 17.9 Å². The van der Waals surface area contributed by atoms with Gasteiger partial charge < -0.3 is 4.90 Å². The van der Waals surface area contributed by atoms with E-state index in [0.717, 1.165) is 23.5 Å². The number of carbonyl (C=O) groups is 1. The van der Waals surface area contributed by atoms with Gasteiger partial charge in [-0.1, -0.05) is 0 Å². The predicted octanol–water partition coefficient (Wildman–Crippen LogP) is 2.72. The second kappa shape index (κ2) is 4.95. The van der Waals surface area contributed by atoms with E-state index in [9.17, 15) is 4.79 Å². The maximum Gasteiger partial charge on any atom is 0.272 e. The van der Waals surface area contributed by atoms with Gasteiger partial charge in [0.15, 0.2) is 0 Å². The van der Waals surface area contributed by atoms with Crippen LogP contribution in [0.4, 0.5) is 0 Å². The Labute approximate surface area is 104 Å². The Morgan fingerprint density at radius 2 is 2.31 bits per heavy atom. The van der Waals surface area contributed by atoms with Gasteiger partial charge in [-0.3, -0.25) is 4.79 Å². The van der Waals surface area contributed by atoms with Crippen molar-refractivity contribution in [2.45, 2.75) is 19.8 Å². The lowest BCUT2D eigenvalue weighted by Gasteiger charge is -2.20. The summed E-state index contributed by atoms with van der Waals surface area (Å²) in [6, 6.07) is 3.62. The van der Waals surface area contributed by atoms with Crippen LogP contribution in [-0.2, 0) is 0 Å². The van der Waals surface area contributed by atoms with Gasteiger partial charge >= 0.3 is 0 Å². The summed E-state index contributed by atoms with van der Waals surface area (Å²) in [4.78, 5) is 18.1. The fourth-order valence-electron chi connectivity index (χ4n) is 1.63. The van der Waals surface area contributed by atoms with Crippen LogP contribution in [-0.4, -0.2) is 28.9 Å². The molecule has 1 aromatic rings. The Kier molecular flexibility index (Phi) is 3.59. The van der Waals surface area contributed by atoms with Crippen molar-refractivity contribution in [2.24, 2.45) is 5.92 Å². The van der Waals surface area contributed by atoms with E-state index in [0.29, 0.717) is 5.69 Å². The molecule has 0 spiro atoms. The lowest BCUT2D eigenvalue weighted by atomic mass is 10.3. The topological polar surface area (TPSA) is 33.2 Å². The maximum absolute atomic E-state index is 12.1. The van der Waals surface area contributed by atoms with Crippen molar-refractivity contribution in [3.05, 3.63) is 28.5 Å². The lowest BCUT2D eigenvalue weighted by molar-refractivity contribution is 0.0751. The number of aromatic nitrogens is 1. The van der Waals surface area contributed by atoms with Crippen molar-refractivity contribution in [3.8, 4) is 0 Å². The SMILES string of the molecule is CCN(CC1CC1)C(=O)c1ccc(Br)cn1. The zero-order valence-electron chi connectivity index (χ0n) is 9.32. The van der Waals surface area contributed by atoms with Gasteiger partial charge in [0.1, 0.15) is 5.69 Å². The second-order valence-electron chi connectivity index (χ2n) is 4.15. The van der Waals surface area contributed by atoms with Gasteiger partial charge in [0.2, 0.25) is 0 Å². The number of pyridine rings is 1. The number of carbonyl (C=O) groups excluding carboxylic acids is 1. The number of amides is 1. The number of nitrogens with zero attached hydrogens (tertiary/aromatic N) is 2.